The van der Waals surface area contributed by atoms with Crippen molar-refractivity contribution in [2.75, 3.05) is 0 Å². The molecule has 0 atom stereocenters. The van der Waals surface area contributed by atoms with Gasteiger partial charge in [0, 0.05) is 24.4 Å². The quantitative estimate of drug-likeness (QED) is 0.586. The molecule has 2 aromatic heterocycles. The first-order valence-corrected chi connectivity index (χ1v) is 9.79. The lowest BCUT2D eigenvalue weighted by molar-refractivity contribution is 0.582. The number of nitrogens with zero attached hydrogens (tertiary/aromatic N) is 2. The van der Waals surface area contributed by atoms with Crippen molar-refractivity contribution in [3.63, 3.8) is 0 Å². The molecule has 0 unspecified atom stereocenters. The van der Waals surface area contributed by atoms with Crippen molar-refractivity contribution < 1.29 is 12.8 Å². The summed E-state index contributed by atoms with van der Waals surface area (Å²) in [4.78, 5) is 4.75. The first-order chi connectivity index (χ1) is 12.9. The van der Waals surface area contributed by atoms with E-state index in [9.17, 15) is 8.42 Å². The zero-order valence-electron chi connectivity index (χ0n) is 14.5. The SMILES string of the molecule is Cn1cccc1-c1nc(-c2ccccc2)c(-c2ccc(S(N)(=O)=O)cc2)o1. The summed E-state index contributed by atoms with van der Waals surface area (Å²) in [6.45, 7) is 0. The van der Waals surface area contributed by atoms with Gasteiger partial charge in [0.2, 0.25) is 15.9 Å². The molecule has 7 heteroatoms. The average molecular weight is 379 g/mol. The summed E-state index contributed by atoms with van der Waals surface area (Å²) in [7, 11) is -1.83. The van der Waals surface area contributed by atoms with Crippen molar-refractivity contribution in [1.29, 1.82) is 0 Å². The Morgan fingerprint density at radius 1 is 0.926 bits per heavy atom. The standard InChI is InChI=1S/C20H17N3O3S/c1-23-13-5-8-17(23)20-22-18(14-6-3-2-4-7-14)19(26-20)15-9-11-16(12-10-15)27(21,24)25/h2-13H,1H3,(H2,21,24,25). The molecule has 0 bridgehead atoms. The Labute approximate surface area is 157 Å². The number of nitrogens with two attached hydrogens (primary N) is 1. The molecule has 0 radical (unpaired) electrons. The van der Waals surface area contributed by atoms with Gasteiger partial charge in [-0.2, -0.15) is 0 Å². The fourth-order valence-electron chi connectivity index (χ4n) is 2.90. The Bertz CT molecular complexity index is 1190. The summed E-state index contributed by atoms with van der Waals surface area (Å²) in [5.74, 6) is 1.06. The molecular weight excluding hydrogens is 362 g/mol. The molecule has 0 aliphatic carbocycles. The van der Waals surface area contributed by atoms with Crippen LogP contribution >= 0.6 is 0 Å². The highest BCUT2D eigenvalue weighted by atomic mass is 32.2. The van der Waals surface area contributed by atoms with Crippen LogP contribution in [0.15, 0.2) is 82.2 Å². The van der Waals surface area contributed by atoms with Crippen LogP contribution in [0.3, 0.4) is 0 Å². The molecule has 0 aliphatic heterocycles. The summed E-state index contributed by atoms with van der Waals surface area (Å²) in [6, 6.07) is 19.8. The molecule has 2 aromatic carbocycles. The lowest BCUT2D eigenvalue weighted by atomic mass is 10.1. The Morgan fingerprint density at radius 3 is 2.22 bits per heavy atom. The summed E-state index contributed by atoms with van der Waals surface area (Å²) in [5.41, 5.74) is 3.16. The number of benzene rings is 2. The van der Waals surface area contributed by atoms with Crippen molar-refractivity contribution in [2.45, 2.75) is 4.90 Å². The van der Waals surface area contributed by atoms with E-state index < -0.39 is 10.0 Å². The van der Waals surface area contributed by atoms with Gasteiger partial charge in [0.1, 0.15) is 11.4 Å². The third-order valence-electron chi connectivity index (χ3n) is 4.28. The van der Waals surface area contributed by atoms with Crippen LogP contribution in [0.4, 0.5) is 0 Å². The topological polar surface area (TPSA) is 91.1 Å². The van der Waals surface area contributed by atoms with E-state index in [-0.39, 0.29) is 4.90 Å². The molecule has 4 rings (SSSR count). The van der Waals surface area contributed by atoms with E-state index in [1.165, 1.54) is 12.1 Å². The molecule has 0 fully saturated rings. The Balaban J connectivity index is 1.88. The number of sulfonamides is 1. The first kappa shape index (κ1) is 17.3. The van der Waals surface area contributed by atoms with Crippen LogP contribution in [0, 0.1) is 0 Å². The molecule has 4 aromatic rings. The minimum atomic E-state index is -3.75. The second-order valence-corrected chi connectivity index (χ2v) is 7.70. The minimum absolute atomic E-state index is 0.0506. The summed E-state index contributed by atoms with van der Waals surface area (Å²) < 4.78 is 31.0. The summed E-state index contributed by atoms with van der Waals surface area (Å²) >= 11 is 0. The highest BCUT2D eigenvalue weighted by molar-refractivity contribution is 7.89. The van der Waals surface area contributed by atoms with Crippen molar-refractivity contribution in [3.8, 4) is 34.2 Å². The van der Waals surface area contributed by atoms with E-state index in [0.29, 0.717) is 22.9 Å². The highest BCUT2D eigenvalue weighted by Gasteiger charge is 2.19. The second kappa shape index (κ2) is 6.53. The van der Waals surface area contributed by atoms with Gasteiger partial charge >= 0.3 is 0 Å². The third kappa shape index (κ3) is 3.30. The smallest absolute Gasteiger partial charge is 0.244 e. The van der Waals surface area contributed by atoms with Gasteiger partial charge in [0.05, 0.1) is 4.90 Å². The normalized spacial score (nSPS) is 11.6. The fraction of sp³-hybridized carbons (Fsp3) is 0.0500. The van der Waals surface area contributed by atoms with E-state index in [4.69, 9.17) is 14.5 Å². The molecule has 2 heterocycles. The maximum absolute atomic E-state index is 11.5. The van der Waals surface area contributed by atoms with Crippen molar-refractivity contribution in [3.05, 3.63) is 72.9 Å². The van der Waals surface area contributed by atoms with Gasteiger partial charge in [-0.1, -0.05) is 30.3 Å². The van der Waals surface area contributed by atoms with Crippen LogP contribution in [-0.2, 0) is 17.1 Å². The molecule has 0 saturated heterocycles. The van der Waals surface area contributed by atoms with Gasteiger partial charge in [0.25, 0.3) is 0 Å². The van der Waals surface area contributed by atoms with Gasteiger partial charge in [0.15, 0.2) is 5.76 Å². The number of aromatic nitrogens is 2. The number of rotatable bonds is 4. The van der Waals surface area contributed by atoms with Crippen LogP contribution in [0.2, 0.25) is 0 Å². The number of oxazole rings is 1. The van der Waals surface area contributed by atoms with E-state index in [2.05, 4.69) is 0 Å². The van der Waals surface area contributed by atoms with Crippen LogP contribution < -0.4 is 5.14 Å². The molecule has 6 nitrogen and oxygen atoms in total. The van der Waals surface area contributed by atoms with E-state index in [0.717, 1.165) is 11.3 Å². The number of aryl methyl sites for hydroxylation is 1. The Kier molecular flexibility index (Phi) is 4.18. The van der Waals surface area contributed by atoms with Gasteiger partial charge in [-0.05, 0) is 36.4 Å². The maximum Gasteiger partial charge on any atom is 0.244 e. The van der Waals surface area contributed by atoms with Crippen molar-refractivity contribution in [2.24, 2.45) is 12.2 Å². The Morgan fingerprint density at radius 2 is 1.63 bits per heavy atom. The summed E-state index contributed by atoms with van der Waals surface area (Å²) in [5, 5.41) is 5.19. The molecular formula is C20H17N3O3S. The predicted octanol–water partition coefficient (Wildman–Crippen LogP) is 3.66. The first-order valence-electron chi connectivity index (χ1n) is 8.25. The molecule has 0 spiro atoms. The van der Waals surface area contributed by atoms with Crippen LogP contribution in [0.1, 0.15) is 0 Å². The largest absolute Gasteiger partial charge is 0.434 e. The van der Waals surface area contributed by atoms with Crippen molar-refractivity contribution >= 4 is 10.0 Å². The highest BCUT2D eigenvalue weighted by Crippen LogP contribution is 2.36. The lowest BCUT2D eigenvalue weighted by Gasteiger charge is -2.03. The third-order valence-corrected chi connectivity index (χ3v) is 5.21. The van der Waals surface area contributed by atoms with Crippen LogP contribution in [0.25, 0.3) is 34.2 Å². The maximum atomic E-state index is 11.5. The molecule has 27 heavy (non-hydrogen) atoms. The monoisotopic (exact) mass is 379 g/mol. The average Bonchev–Trinajstić information content (AvgIpc) is 3.28. The van der Waals surface area contributed by atoms with Gasteiger partial charge < -0.3 is 8.98 Å². The van der Waals surface area contributed by atoms with Crippen LogP contribution in [0.5, 0.6) is 0 Å². The van der Waals surface area contributed by atoms with E-state index in [1.807, 2.05) is 60.3 Å². The molecule has 0 saturated carbocycles. The Hall–Kier alpha value is -3.16. The molecule has 0 amide bonds. The fourth-order valence-corrected chi connectivity index (χ4v) is 3.41. The molecule has 136 valence electrons. The van der Waals surface area contributed by atoms with Crippen molar-refractivity contribution in [1.82, 2.24) is 9.55 Å². The lowest BCUT2D eigenvalue weighted by Crippen LogP contribution is -2.11. The number of hydrogen-bond acceptors (Lipinski definition) is 4. The molecule has 2 N–H and O–H groups in total. The van der Waals surface area contributed by atoms with Gasteiger partial charge in [-0.25, -0.2) is 18.5 Å². The van der Waals surface area contributed by atoms with Gasteiger partial charge in [-0.3, -0.25) is 0 Å². The van der Waals surface area contributed by atoms with E-state index >= 15 is 0 Å². The summed E-state index contributed by atoms with van der Waals surface area (Å²) in [6.07, 6.45) is 1.92. The second-order valence-electron chi connectivity index (χ2n) is 6.14. The zero-order chi connectivity index (χ0) is 19.0. The predicted molar refractivity (Wildman–Crippen MR) is 103 cm³/mol. The number of primary sulfonamides is 1. The van der Waals surface area contributed by atoms with Gasteiger partial charge in [-0.15, -0.1) is 0 Å². The minimum Gasteiger partial charge on any atom is -0.434 e. The van der Waals surface area contributed by atoms with Crippen LogP contribution in [-0.4, -0.2) is 18.0 Å². The zero-order valence-corrected chi connectivity index (χ0v) is 15.3. The van der Waals surface area contributed by atoms with E-state index in [1.54, 1.807) is 12.1 Å². The number of hydrogen-bond donors (Lipinski definition) is 1. The molecule has 0 aliphatic rings.